The molecule has 28 heavy (non-hydrogen) atoms. The number of sulfone groups is 1. The number of carbonyl (C=O) groups excluding carboxylic acids is 1. The molecule has 2 aliphatic heterocycles. The molecule has 0 aliphatic carbocycles. The van der Waals surface area contributed by atoms with E-state index < -0.39 is 9.84 Å². The summed E-state index contributed by atoms with van der Waals surface area (Å²) in [5.74, 6) is 1.70. The topological polar surface area (TPSA) is 76.8 Å². The Hall–Kier alpha value is -2.38. The van der Waals surface area contributed by atoms with Gasteiger partial charge in [0.15, 0.2) is 15.6 Å². The Morgan fingerprint density at radius 2 is 1.96 bits per heavy atom. The molecule has 146 valence electrons. The molecule has 2 aliphatic rings. The van der Waals surface area contributed by atoms with Gasteiger partial charge in [0.2, 0.25) is 0 Å². The summed E-state index contributed by atoms with van der Waals surface area (Å²) in [6, 6.07) is 7.81. The average Bonchev–Trinajstić information content (AvgIpc) is 3.21. The molecule has 1 atom stereocenters. The minimum atomic E-state index is -2.99. The molecule has 1 fully saturated rings. The van der Waals surface area contributed by atoms with Gasteiger partial charge in [-0.2, -0.15) is 0 Å². The van der Waals surface area contributed by atoms with E-state index in [1.807, 2.05) is 31.2 Å². The Morgan fingerprint density at radius 3 is 2.64 bits per heavy atom. The van der Waals surface area contributed by atoms with Gasteiger partial charge in [-0.05, 0) is 20.3 Å². The number of furan rings is 1. The van der Waals surface area contributed by atoms with Crippen molar-refractivity contribution in [2.75, 3.05) is 18.2 Å². The lowest BCUT2D eigenvalue weighted by atomic mass is 9.95. The summed E-state index contributed by atoms with van der Waals surface area (Å²) in [7, 11) is -2.99. The zero-order valence-electron chi connectivity index (χ0n) is 15.8. The highest BCUT2D eigenvalue weighted by atomic mass is 32.2. The first kappa shape index (κ1) is 17.7. The van der Waals surface area contributed by atoms with E-state index in [1.165, 1.54) is 0 Å². The summed E-state index contributed by atoms with van der Waals surface area (Å²) in [5, 5.41) is 2.67. The van der Waals surface area contributed by atoms with Gasteiger partial charge < -0.3 is 9.15 Å². The number of ketones is 1. The first-order chi connectivity index (χ1) is 13.4. The van der Waals surface area contributed by atoms with E-state index in [4.69, 9.17) is 9.15 Å². The molecule has 1 saturated heterocycles. The SMILES string of the molecule is CC(=O)c1c(C)oc2c1c1c(c3ccccc32)OCN([C@H]2CCS(=O)(=O)C2)C1. The Balaban J connectivity index is 1.74. The molecule has 0 unspecified atom stereocenters. The lowest BCUT2D eigenvalue weighted by Crippen LogP contribution is -2.41. The first-order valence-corrected chi connectivity index (χ1v) is 11.2. The normalized spacial score (nSPS) is 21.7. The maximum absolute atomic E-state index is 12.4. The maximum Gasteiger partial charge on any atom is 0.163 e. The van der Waals surface area contributed by atoms with E-state index in [2.05, 4.69) is 4.90 Å². The van der Waals surface area contributed by atoms with Crippen LogP contribution in [0.1, 0.15) is 35.0 Å². The van der Waals surface area contributed by atoms with Gasteiger partial charge in [-0.15, -0.1) is 0 Å². The van der Waals surface area contributed by atoms with Crippen molar-refractivity contribution < 1.29 is 22.4 Å². The Labute approximate surface area is 163 Å². The molecular weight excluding hydrogens is 378 g/mol. The fourth-order valence-electron chi connectivity index (χ4n) is 4.61. The highest BCUT2D eigenvalue weighted by Crippen LogP contribution is 2.44. The molecule has 0 spiro atoms. The second kappa shape index (κ2) is 6.06. The number of benzene rings is 2. The van der Waals surface area contributed by atoms with Gasteiger partial charge >= 0.3 is 0 Å². The highest BCUT2D eigenvalue weighted by molar-refractivity contribution is 7.91. The van der Waals surface area contributed by atoms with Crippen LogP contribution in [0.25, 0.3) is 21.7 Å². The molecule has 3 aromatic rings. The zero-order valence-corrected chi connectivity index (χ0v) is 16.6. The standard InChI is InChI=1S/C21H21NO5S/c1-12(23)18-13(2)27-21-16-6-4-3-5-15(16)20-17(19(18)21)9-22(11-26-20)14-7-8-28(24,25)10-14/h3-6,14H,7-11H2,1-2H3/t14-/m0/s1. The van der Waals surface area contributed by atoms with Crippen LogP contribution in [0.3, 0.4) is 0 Å². The molecule has 5 rings (SSSR count). The molecule has 7 heteroatoms. The molecule has 0 amide bonds. The summed E-state index contributed by atoms with van der Waals surface area (Å²) in [5.41, 5.74) is 2.19. The van der Waals surface area contributed by atoms with Gasteiger partial charge in [0.05, 0.1) is 17.1 Å². The van der Waals surface area contributed by atoms with Crippen molar-refractivity contribution in [3.8, 4) is 5.75 Å². The Kier molecular flexibility index (Phi) is 3.83. The van der Waals surface area contributed by atoms with Crippen LogP contribution in [0.4, 0.5) is 0 Å². The average molecular weight is 399 g/mol. The van der Waals surface area contributed by atoms with Crippen LogP contribution >= 0.6 is 0 Å². The molecule has 0 saturated carbocycles. The summed E-state index contributed by atoms with van der Waals surface area (Å²) in [6.45, 7) is 4.23. The number of hydrogen-bond donors (Lipinski definition) is 0. The second-order valence-electron chi connectivity index (χ2n) is 7.72. The van der Waals surface area contributed by atoms with Crippen molar-refractivity contribution in [1.29, 1.82) is 0 Å². The van der Waals surface area contributed by atoms with Crippen LogP contribution in [0.15, 0.2) is 28.7 Å². The van der Waals surface area contributed by atoms with Crippen LogP contribution in [0.5, 0.6) is 5.75 Å². The highest BCUT2D eigenvalue weighted by Gasteiger charge is 2.36. The van der Waals surface area contributed by atoms with Gasteiger partial charge in [0.25, 0.3) is 0 Å². The third-order valence-corrected chi connectivity index (χ3v) is 7.64. The number of aryl methyl sites for hydroxylation is 1. The minimum absolute atomic E-state index is 0.0469. The first-order valence-electron chi connectivity index (χ1n) is 9.40. The molecule has 2 aromatic carbocycles. The fourth-order valence-corrected chi connectivity index (χ4v) is 6.37. The van der Waals surface area contributed by atoms with Crippen molar-refractivity contribution in [3.63, 3.8) is 0 Å². The van der Waals surface area contributed by atoms with E-state index in [0.717, 1.165) is 27.5 Å². The predicted molar refractivity (Wildman–Crippen MR) is 107 cm³/mol. The maximum atomic E-state index is 12.4. The summed E-state index contributed by atoms with van der Waals surface area (Å²) in [4.78, 5) is 14.5. The zero-order chi connectivity index (χ0) is 19.6. The largest absolute Gasteiger partial charge is 0.477 e. The number of hydrogen-bond acceptors (Lipinski definition) is 6. The Bertz CT molecular complexity index is 1240. The van der Waals surface area contributed by atoms with E-state index in [0.29, 0.717) is 36.6 Å². The molecule has 0 N–H and O–H groups in total. The van der Waals surface area contributed by atoms with Crippen molar-refractivity contribution in [2.24, 2.45) is 0 Å². The lowest BCUT2D eigenvalue weighted by molar-refractivity contribution is 0.0668. The molecule has 0 bridgehead atoms. The number of fused-ring (bicyclic) bond motifs is 6. The van der Waals surface area contributed by atoms with Gasteiger partial charge in [-0.3, -0.25) is 9.69 Å². The number of nitrogens with zero attached hydrogens (tertiary/aromatic N) is 1. The number of Topliss-reactive ketones (excluding diaryl/α,β-unsaturated/α-hetero) is 1. The number of carbonyl (C=O) groups is 1. The molecule has 1 aromatic heterocycles. The van der Waals surface area contributed by atoms with Crippen molar-refractivity contribution in [3.05, 3.63) is 41.2 Å². The van der Waals surface area contributed by atoms with E-state index >= 15 is 0 Å². The van der Waals surface area contributed by atoms with Crippen LogP contribution in [0.2, 0.25) is 0 Å². The summed E-state index contributed by atoms with van der Waals surface area (Å²) in [6.07, 6.45) is 0.613. The van der Waals surface area contributed by atoms with Crippen molar-refractivity contribution in [2.45, 2.75) is 32.9 Å². The quantitative estimate of drug-likeness (QED) is 0.615. The lowest BCUT2D eigenvalue weighted by Gasteiger charge is -2.34. The van der Waals surface area contributed by atoms with Crippen LogP contribution in [-0.4, -0.2) is 43.4 Å². The molecular formula is C21H21NO5S. The smallest absolute Gasteiger partial charge is 0.163 e. The molecule has 3 heterocycles. The molecule has 0 radical (unpaired) electrons. The number of ether oxygens (including phenoxy) is 1. The van der Waals surface area contributed by atoms with E-state index in [9.17, 15) is 13.2 Å². The molecule has 6 nitrogen and oxygen atoms in total. The third kappa shape index (κ3) is 2.57. The van der Waals surface area contributed by atoms with Gasteiger partial charge in [0.1, 0.15) is 23.8 Å². The van der Waals surface area contributed by atoms with Crippen molar-refractivity contribution in [1.82, 2.24) is 4.90 Å². The minimum Gasteiger partial charge on any atom is -0.477 e. The predicted octanol–water partition coefficient (Wildman–Crippen LogP) is 3.44. The van der Waals surface area contributed by atoms with Crippen LogP contribution in [0, 0.1) is 6.92 Å². The van der Waals surface area contributed by atoms with Crippen LogP contribution in [-0.2, 0) is 16.4 Å². The number of rotatable bonds is 2. The van der Waals surface area contributed by atoms with E-state index in [-0.39, 0.29) is 23.3 Å². The summed E-state index contributed by atoms with van der Waals surface area (Å²) >= 11 is 0. The van der Waals surface area contributed by atoms with E-state index in [1.54, 1.807) is 6.92 Å². The van der Waals surface area contributed by atoms with Crippen LogP contribution < -0.4 is 4.74 Å². The third-order valence-electron chi connectivity index (χ3n) is 5.89. The second-order valence-corrected chi connectivity index (χ2v) is 9.95. The van der Waals surface area contributed by atoms with Gasteiger partial charge in [0, 0.05) is 34.3 Å². The summed E-state index contributed by atoms with van der Waals surface area (Å²) < 4.78 is 36.1. The van der Waals surface area contributed by atoms with Crippen molar-refractivity contribution >= 4 is 37.4 Å². The van der Waals surface area contributed by atoms with Gasteiger partial charge in [-0.25, -0.2) is 8.42 Å². The Morgan fingerprint density at radius 1 is 1.21 bits per heavy atom. The fraction of sp³-hybridized carbons (Fsp3) is 0.381. The monoisotopic (exact) mass is 399 g/mol. The van der Waals surface area contributed by atoms with Gasteiger partial charge in [-0.1, -0.05) is 24.3 Å².